The second kappa shape index (κ2) is 5.37. The van der Waals surface area contributed by atoms with Gasteiger partial charge < -0.3 is 0 Å². The van der Waals surface area contributed by atoms with Crippen molar-refractivity contribution in [1.82, 2.24) is 14.8 Å². The minimum absolute atomic E-state index is 0.0218. The zero-order valence-electron chi connectivity index (χ0n) is 11.7. The van der Waals surface area contributed by atoms with Crippen LogP contribution in [0.2, 0.25) is 0 Å². The Kier molecular flexibility index (Phi) is 3.55. The van der Waals surface area contributed by atoms with Crippen LogP contribution in [-0.2, 0) is 6.42 Å². The van der Waals surface area contributed by atoms with Crippen LogP contribution in [0.5, 0.6) is 0 Å². The first-order chi connectivity index (χ1) is 10.0. The third-order valence-corrected chi connectivity index (χ3v) is 4.35. The Hall–Kier alpha value is -2.08. The predicted octanol–water partition coefficient (Wildman–Crippen LogP) is 3.64. The van der Waals surface area contributed by atoms with E-state index < -0.39 is 0 Å². The van der Waals surface area contributed by atoms with E-state index in [0.717, 1.165) is 10.1 Å². The summed E-state index contributed by atoms with van der Waals surface area (Å²) in [4.78, 5) is 17.1. The van der Waals surface area contributed by atoms with Crippen molar-refractivity contribution in [2.75, 3.05) is 0 Å². The van der Waals surface area contributed by atoms with Gasteiger partial charge in [-0.2, -0.15) is 5.10 Å². The molecule has 1 aromatic carbocycles. The highest BCUT2D eigenvalue weighted by molar-refractivity contribution is 7.20. The van der Waals surface area contributed by atoms with Crippen LogP contribution in [-0.4, -0.2) is 20.5 Å². The summed E-state index contributed by atoms with van der Waals surface area (Å²) in [7, 11) is 0. The summed E-state index contributed by atoms with van der Waals surface area (Å²) in [6.45, 7) is 3.98. The molecule has 0 saturated heterocycles. The molecule has 2 aromatic heterocycles. The number of thiophene rings is 1. The molecule has 0 N–H and O–H groups in total. The number of hydrogen-bond acceptors (Lipinski definition) is 4. The van der Waals surface area contributed by atoms with Gasteiger partial charge in [-0.05, 0) is 37.4 Å². The van der Waals surface area contributed by atoms with Gasteiger partial charge in [0.1, 0.15) is 18.0 Å². The number of benzene rings is 1. The molecule has 4 nitrogen and oxygen atoms in total. The Morgan fingerprint density at radius 1 is 1.38 bits per heavy atom. The van der Waals surface area contributed by atoms with Gasteiger partial charge in [-0.3, -0.25) is 4.79 Å². The maximum Gasteiger partial charge on any atom is 0.180 e. The zero-order chi connectivity index (χ0) is 15.0. The molecule has 0 bridgehead atoms. The lowest BCUT2D eigenvalue weighted by Gasteiger charge is -2.08. The highest BCUT2D eigenvalue weighted by Gasteiger charge is 2.16. The van der Waals surface area contributed by atoms with Gasteiger partial charge in [0.2, 0.25) is 0 Å². The molecule has 0 atom stereocenters. The monoisotopic (exact) mass is 303 g/mol. The van der Waals surface area contributed by atoms with Crippen LogP contribution in [0.3, 0.4) is 0 Å². The van der Waals surface area contributed by atoms with Crippen molar-refractivity contribution >= 4 is 27.2 Å². The fraction of sp³-hybridized carbons (Fsp3) is 0.267. The van der Waals surface area contributed by atoms with Gasteiger partial charge in [-0.1, -0.05) is 6.07 Å². The van der Waals surface area contributed by atoms with Crippen LogP contribution in [0.15, 0.2) is 30.6 Å². The van der Waals surface area contributed by atoms with E-state index in [-0.39, 0.29) is 24.1 Å². The van der Waals surface area contributed by atoms with Crippen molar-refractivity contribution in [2.45, 2.75) is 26.3 Å². The second-order valence-electron chi connectivity index (χ2n) is 5.11. The Morgan fingerprint density at radius 2 is 2.19 bits per heavy atom. The maximum atomic E-state index is 13.2. The van der Waals surface area contributed by atoms with Crippen LogP contribution in [0.25, 0.3) is 10.1 Å². The summed E-state index contributed by atoms with van der Waals surface area (Å²) in [5.74, 6) is 0.341. The number of hydrogen-bond donors (Lipinski definition) is 0. The lowest BCUT2D eigenvalue weighted by molar-refractivity contribution is 0.0993. The highest BCUT2D eigenvalue weighted by Crippen LogP contribution is 2.27. The molecule has 0 aliphatic carbocycles. The molecule has 0 fully saturated rings. The summed E-state index contributed by atoms with van der Waals surface area (Å²) in [5, 5.41) is 5.01. The largest absolute Gasteiger partial charge is 0.293 e. The third kappa shape index (κ3) is 2.71. The van der Waals surface area contributed by atoms with Gasteiger partial charge in [-0.25, -0.2) is 14.1 Å². The standard InChI is InChI=1S/C15H14FN3OS/c1-9(2)19-15(17-8-18-19)7-12(20)14-5-10-3-4-11(16)6-13(10)21-14/h3-6,8-9H,7H2,1-2H3. The number of halogens is 1. The average molecular weight is 303 g/mol. The SMILES string of the molecule is CC(C)n1ncnc1CC(=O)c1cc2ccc(F)cc2s1. The van der Waals surface area contributed by atoms with Crippen LogP contribution < -0.4 is 0 Å². The third-order valence-electron chi connectivity index (χ3n) is 3.21. The van der Waals surface area contributed by atoms with Gasteiger partial charge in [0.15, 0.2) is 5.78 Å². The summed E-state index contributed by atoms with van der Waals surface area (Å²) in [5.41, 5.74) is 0. The number of ketones is 1. The van der Waals surface area contributed by atoms with Crippen molar-refractivity contribution in [2.24, 2.45) is 0 Å². The first-order valence-corrected chi connectivity index (χ1v) is 7.47. The summed E-state index contributed by atoms with van der Waals surface area (Å²) in [6.07, 6.45) is 1.66. The quantitative estimate of drug-likeness (QED) is 0.691. The fourth-order valence-electron chi connectivity index (χ4n) is 2.21. The highest BCUT2D eigenvalue weighted by atomic mass is 32.1. The molecule has 3 aromatic rings. The van der Waals surface area contributed by atoms with E-state index >= 15 is 0 Å². The number of carbonyl (C=O) groups excluding carboxylic acids is 1. The Bertz CT molecular complexity index is 806. The normalized spacial score (nSPS) is 11.4. The topological polar surface area (TPSA) is 47.8 Å². The molecule has 0 unspecified atom stereocenters. The first-order valence-electron chi connectivity index (χ1n) is 6.65. The number of fused-ring (bicyclic) bond motifs is 1. The summed E-state index contributed by atoms with van der Waals surface area (Å²) in [6, 6.07) is 6.50. The molecule has 0 aliphatic rings. The van der Waals surface area contributed by atoms with Gasteiger partial charge in [0, 0.05) is 10.7 Å². The number of aromatic nitrogens is 3. The van der Waals surface area contributed by atoms with Gasteiger partial charge >= 0.3 is 0 Å². The van der Waals surface area contributed by atoms with E-state index in [0.29, 0.717) is 10.7 Å². The number of rotatable bonds is 4. The first kappa shape index (κ1) is 13.9. The van der Waals surface area contributed by atoms with Crippen LogP contribution in [0.4, 0.5) is 4.39 Å². The molecule has 108 valence electrons. The molecular weight excluding hydrogens is 289 g/mol. The number of nitrogens with zero attached hydrogens (tertiary/aromatic N) is 3. The Morgan fingerprint density at radius 3 is 2.95 bits per heavy atom. The molecule has 3 rings (SSSR count). The van der Waals surface area contributed by atoms with E-state index in [1.165, 1.54) is 29.8 Å². The van der Waals surface area contributed by atoms with Crippen LogP contribution in [0.1, 0.15) is 35.4 Å². The van der Waals surface area contributed by atoms with E-state index in [2.05, 4.69) is 10.1 Å². The lowest BCUT2D eigenvalue weighted by atomic mass is 10.2. The molecule has 0 radical (unpaired) electrons. The van der Waals surface area contributed by atoms with Gasteiger partial charge in [0.05, 0.1) is 11.3 Å². The molecule has 21 heavy (non-hydrogen) atoms. The van der Waals surface area contributed by atoms with Gasteiger partial charge in [-0.15, -0.1) is 11.3 Å². The second-order valence-corrected chi connectivity index (χ2v) is 6.19. The van der Waals surface area contributed by atoms with E-state index in [1.54, 1.807) is 16.8 Å². The van der Waals surface area contributed by atoms with Crippen LogP contribution in [0, 0.1) is 5.82 Å². The van der Waals surface area contributed by atoms with E-state index in [4.69, 9.17) is 0 Å². The number of Topliss-reactive ketones (excluding diaryl/α,β-unsaturated/α-hetero) is 1. The molecule has 0 saturated carbocycles. The molecule has 0 aliphatic heterocycles. The fourth-order valence-corrected chi connectivity index (χ4v) is 3.23. The van der Waals surface area contributed by atoms with Crippen molar-refractivity contribution in [3.05, 3.63) is 47.1 Å². The summed E-state index contributed by atoms with van der Waals surface area (Å²) < 4.78 is 15.7. The summed E-state index contributed by atoms with van der Waals surface area (Å²) >= 11 is 1.31. The predicted molar refractivity (Wildman–Crippen MR) is 80.2 cm³/mol. The smallest absolute Gasteiger partial charge is 0.180 e. The molecule has 2 heterocycles. The Balaban J connectivity index is 1.88. The lowest BCUT2D eigenvalue weighted by Crippen LogP contribution is -2.12. The maximum absolute atomic E-state index is 13.2. The van der Waals surface area contributed by atoms with E-state index in [9.17, 15) is 9.18 Å². The minimum atomic E-state index is -0.289. The van der Waals surface area contributed by atoms with Crippen LogP contribution >= 0.6 is 11.3 Å². The van der Waals surface area contributed by atoms with E-state index in [1.807, 2.05) is 13.8 Å². The molecule has 0 amide bonds. The van der Waals surface area contributed by atoms with Crippen molar-refractivity contribution in [1.29, 1.82) is 0 Å². The van der Waals surface area contributed by atoms with Crippen molar-refractivity contribution < 1.29 is 9.18 Å². The minimum Gasteiger partial charge on any atom is -0.293 e. The number of carbonyl (C=O) groups is 1. The molecule has 6 heteroatoms. The Labute approximate surface area is 125 Å². The van der Waals surface area contributed by atoms with Crippen molar-refractivity contribution in [3.8, 4) is 0 Å². The van der Waals surface area contributed by atoms with Crippen molar-refractivity contribution in [3.63, 3.8) is 0 Å². The molecule has 0 spiro atoms. The molecular formula is C15H14FN3OS. The zero-order valence-corrected chi connectivity index (χ0v) is 12.5. The van der Waals surface area contributed by atoms with Gasteiger partial charge in [0.25, 0.3) is 0 Å². The average Bonchev–Trinajstić information content (AvgIpc) is 3.04.